The van der Waals surface area contributed by atoms with Gasteiger partial charge in [-0.2, -0.15) is 0 Å². The molecule has 1 aromatic heterocycles. The van der Waals surface area contributed by atoms with Gasteiger partial charge in [0, 0.05) is 0 Å². The number of hydrogen-bond donors (Lipinski definition) is 0. The van der Waals surface area contributed by atoms with Crippen LogP contribution >= 0.6 is 0 Å². The van der Waals surface area contributed by atoms with Gasteiger partial charge in [-0.3, -0.25) is 0 Å². The van der Waals surface area contributed by atoms with Gasteiger partial charge in [-0.05, 0) is 35.9 Å². The minimum absolute atomic E-state index is 0.503. The number of nitrogens with zero attached hydrogens (tertiary/aromatic N) is 2. The van der Waals surface area contributed by atoms with Crippen molar-refractivity contribution in [3.8, 4) is 18.1 Å². The molecule has 1 heterocycles. The van der Waals surface area contributed by atoms with E-state index < -0.39 is 0 Å². The van der Waals surface area contributed by atoms with E-state index in [4.69, 9.17) is 11.2 Å². The minimum atomic E-state index is 0.503. The fourth-order valence-electron chi connectivity index (χ4n) is 2.36. The smallest absolute Gasteiger partial charge is 0.134 e. The average molecular weight is 288 g/mol. The number of aromatic nitrogens is 2. The lowest BCUT2D eigenvalue weighted by Crippen LogP contribution is -1.98. The van der Waals surface area contributed by atoms with Crippen molar-refractivity contribution in [2.45, 2.75) is 6.54 Å². The Balaban J connectivity index is 1.96. The SMILES string of the molecule is C#CCn1c(/C=C/c2ccc(OC)cc2)nc2ccccc21. The third-order valence-electron chi connectivity index (χ3n) is 3.47. The summed E-state index contributed by atoms with van der Waals surface area (Å²) >= 11 is 0. The Labute approximate surface area is 129 Å². The maximum Gasteiger partial charge on any atom is 0.134 e. The van der Waals surface area contributed by atoms with Gasteiger partial charge in [0.25, 0.3) is 0 Å². The van der Waals surface area contributed by atoms with E-state index in [1.165, 1.54) is 0 Å². The van der Waals surface area contributed by atoms with Crippen LogP contribution in [-0.2, 0) is 6.54 Å². The van der Waals surface area contributed by atoms with Crippen molar-refractivity contribution < 1.29 is 4.74 Å². The van der Waals surface area contributed by atoms with Crippen LogP contribution in [0.15, 0.2) is 48.5 Å². The summed E-state index contributed by atoms with van der Waals surface area (Å²) in [5.74, 6) is 4.39. The van der Waals surface area contributed by atoms with Crippen molar-refractivity contribution in [3.63, 3.8) is 0 Å². The van der Waals surface area contributed by atoms with Crippen molar-refractivity contribution in [3.05, 3.63) is 59.9 Å². The Kier molecular flexibility index (Phi) is 3.93. The lowest BCUT2D eigenvalue weighted by molar-refractivity contribution is 0.415. The highest BCUT2D eigenvalue weighted by atomic mass is 16.5. The van der Waals surface area contributed by atoms with Gasteiger partial charge in [0.15, 0.2) is 0 Å². The van der Waals surface area contributed by atoms with Crippen LogP contribution in [0.1, 0.15) is 11.4 Å². The van der Waals surface area contributed by atoms with Crippen LogP contribution in [0.3, 0.4) is 0 Å². The molecule has 3 aromatic rings. The Morgan fingerprint density at radius 2 is 1.91 bits per heavy atom. The fraction of sp³-hybridized carbons (Fsp3) is 0.105. The predicted molar refractivity (Wildman–Crippen MR) is 90.5 cm³/mol. The van der Waals surface area contributed by atoms with Crippen LogP contribution in [0.4, 0.5) is 0 Å². The molecule has 0 aliphatic rings. The topological polar surface area (TPSA) is 27.1 Å². The summed E-state index contributed by atoms with van der Waals surface area (Å²) in [6, 6.07) is 15.9. The number of hydrogen-bond acceptors (Lipinski definition) is 2. The average Bonchev–Trinajstić information content (AvgIpc) is 2.92. The number of fused-ring (bicyclic) bond motifs is 1. The molecule has 0 saturated carbocycles. The Morgan fingerprint density at radius 3 is 2.64 bits per heavy atom. The Bertz CT molecular complexity index is 851. The summed E-state index contributed by atoms with van der Waals surface area (Å²) < 4.78 is 7.20. The Hall–Kier alpha value is -2.99. The van der Waals surface area contributed by atoms with Crippen LogP contribution in [0.5, 0.6) is 5.75 Å². The zero-order chi connectivity index (χ0) is 15.4. The van der Waals surface area contributed by atoms with Crippen LogP contribution in [0.25, 0.3) is 23.2 Å². The van der Waals surface area contributed by atoms with Crippen LogP contribution in [-0.4, -0.2) is 16.7 Å². The number of rotatable bonds is 4. The molecular formula is C19H16N2O. The molecule has 0 aliphatic carbocycles. The molecule has 3 rings (SSSR count). The summed E-state index contributed by atoms with van der Waals surface area (Å²) in [7, 11) is 1.66. The standard InChI is InChI=1S/C19H16N2O/c1-3-14-21-18-7-5-4-6-17(18)20-19(21)13-10-15-8-11-16(22-2)12-9-15/h1,4-13H,14H2,2H3/b13-10+. The van der Waals surface area contributed by atoms with E-state index >= 15 is 0 Å². The van der Waals surface area contributed by atoms with E-state index in [1.54, 1.807) is 7.11 Å². The minimum Gasteiger partial charge on any atom is -0.497 e. The van der Waals surface area contributed by atoms with Crippen molar-refractivity contribution in [1.29, 1.82) is 0 Å². The largest absolute Gasteiger partial charge is 0.497 e. The number of ether oxygens (including phenoxy) is 1. The molecule has 0 saturated heterocycles. The van der Waals surface area contributed by atoms with E-state index in [2.05, 4.69) is 10.9 Å². The molecule has 0 atom stereocenters. The van der Waals surface area contributed by atoms with Crippen molar-refractivity contribution in [2.75, 3.05) is 7.11 Å². The highest BCUT2D eigenvalue weighted by Gasteiger charge is 2.06. The van der Waals surface area contributed by atoms with Crippen LogP contribution in [0.2, 0.25) is 0 Å². The fourth-order valence-corrected chi connectivity index (χ4v) is 2.36. The van der Waals surface area contributed by atoms with Crippen molar-refractivity contribution >= 4 is 23.2 Å². The first kappa shape index (κ1) is 14.0. The summed E-state index contributed by atoms with van der Waals surface area (Å²) in [5, 5.41) is 0. The van der Waals surface area contributed by atoms with E-state index in [1.807, 2.05) is 65.3 Å². The maximum atomic E-state index is 5.48. The van der Waals surface area contributed by atoms with Crippen molar-refractivity contribution in [2.24, 2.45) is 0 Å². The number of benzene rings is 2. The maximum absolute atomic E-state index is 5.48. The third-order valence-corrected chi connectivity index (χ3v) is 3.47. The van der Waals surface area contributed by atoms with Crippen molar-refractivity contribution in [1.82, 2.24) is 9.55 Å². The molecule has 0 fully saturated rings. The first-order valence-electron chi connectivity index (χ1n) is 7.02. The number of para-hydroxylation sites is 2. The van der Waals surface area contributed by atoms with Gasteiger partial charge in [0.1, 0.15) is 11.6 Å². The lowest BCUT2D eigenvalue weighted by atomic mass is 10.2. The van der Waals surface area contributed by atoms with Crippen LogP contribution in [0, 0.1) is 12.3 Å². The summed E-state index contributed by atoms with van der Waals surface area (Å²) in [6.45, 7) is 0.503. The summed E-state index contributed by atoms with van der Waals surface area (Å²) in [6.07, 6.45) is 9.49. The molecule has 0 amide bonds. The van der Waals surface area contributed by atoms with Gasteiger partial charge in [-0.15, -0.1) is 6.42 Å². The molecular weight excluding hydrogens is 272 g/mol. The predicted octanol–water partition coefficient (Wildman–Crippen LogP) is 3.85. The molecule has 0 bridgehead atoms. The third kappa shape index (κ3) is 2.72. The van der Waals surface area contributed by atoms with Crippen LogP contribution < -0.4 is 4.74 Å². The first-order chi connectivity index (χ1) is 10.8. The zero-order valence-electron chi connectivity index (χ0n) is 12.4. The second kappa shape index (κ2) is 6.19. The molecule has 0 aliphatic heterocycles. The van der Waals surface area contributed by atoms with E-state index in [0.717, 1.165) is 28.2 Å². The Morgan fingerprint density at radius 1 is 1.14 bits per heavy atom. The molecule has 0 unspecified atom stereocenters. The monoisotopic (exact) mass is 288 g/mol. The molecule has 3 nitrogen and oxygen atoms in total. The molecule has 2 aromatic carbocycles. The number of terminal acetylenes is 1. The molecule has 3 heteroatoms. The van der Waals surface area contributed by atoms with Gasteiger partial charge in [-0.1, -0.05) is 36.3 Å². The van der Waals surface area contributed by atoms with E-state index in [0.29, 0.717) is 6.54 Å². The molecule has 0 radical (unpaired) electrons. The number of methoxy groups -OCH3 is 1. The molecule has 22 heavy (non-hydrogen) atoms. The summed E-state index contributed by atoms with van der Waals surface area (Å²) in [5.41, 5.74) is 3.09. The quantitative estimate of drug-likeness (QED) is 0.682. The van der Waals surface area contributed by atoms with Gasteiger partial charge >= 0.3 is 0 Å². The van der Waals surface area contributed by atoms with E-state index in [-0.39, 0.29) is 0 Å². The molecule has 0 N–H and O–H groups in total. The number of imidazole rings is 1. The van der Waals surface area contributed by atoms with E-state index in [9.17, 15) is 0 Å². The molecule has 108 valence electrons. The summed E-state index contributed by atoms with van der Waals surface area (Å²) in [4.78, 5) is 4.64. The second-order valence-corrected chi connectivity index (χ2v) is 4.86. The highest BCUT2D eigenvalue weighted by molar-refractivity contribution is 5.80. The zero-order valence-corrected chi connectivity index (χ0v) is 12.4. The van der Waals surface area contributed by atoms with Gasteiger partial charge in [0.05, 0.1) is 24.7 Å². The second-order valence-electron chi connectivity index (χ2n) is 4.86. The molecule has 0 spiro atoms. The highest BCUT2D eigenvalue weighted by Crippen LogP contribution is 2.18. The normalized spacial score (nSPS) is 10.9. The first-order valence-corrected chi connectivity index (χ1v) is 7.02. The lowest BCUT2D eigenvalue weighted by Gasteiger charge is -2.02. The van der Waals surface area contributed by atoms with Gasteiger partial charge < -0.3 is 9.30 Å². The van der Waals surface area contributed by atoms with Gasteiger partial charge in [0.2, 0.25) is 0 Å². The van der Waals surface area contributed by atoms with Gasteiger partial charge in [-0.25, -0.2) is 4.98 Å².